The number of non-ortho nitro benzene ring substituents is 1. The smallest absolute Gasteiger partial charge is 0.279 e. The Kier molecular flexibility index (Phi) is 6.07. The van der Waals surface area contributed by atoms with Crippen LogP contribution in [0, 0.1) is 10.1 Å². The van der Waals surface area contributed by atoms with Crippen LogP contribution in [0.2, 0.25) is 0 Å². The molecule has 33 heavy (non-hydrogen) atoms. The van der Waals surface area contributed by atoms with Gasteiger partial charge in [-0.05, 0) is 43.3 Å². The summed E-state index contributed by atoms with van der Waals surface area (Å²) in [6, 6.07) is 18.5. The molecule has 0 aliphatic carbocycles. The van der Waals surface area contributed by atoms with Gasteiger partial charge in [-0.15, -0.1) is 0 Å². The van der Waals surface area contributed by atoms with Crippen molar-refractivity contribution in [3.05, 3.63) is 93.3 Å². The molecule has 0 fully saturated rings. The zero-order valence-corrected chi connectivity index (χ0v) is 19.0. The summed E-state index contributed by atoms with van der Waals surface area (Å²) >= 11 is 1.17. The summed E-state index contributed by atoms with van der Waals surface area (Å²) in [5.74, 6) is -0.556. The third-order valence-corrected chi connectivity index (χ3v) is 7.24. The number of hydrogen-bond acceptors (Lipinski definition) is 6. The van der Waals surface area contributed by atoms with Crippen LogP contribution in [0.15, 0.2) is 82.7 Å². The maximum Gasteiger partial charge on any atom is 0.279 e. The van der Waals surface area contributed by atoms with Gasteiger partial charge in [0.05, 0.1) is 20.0 Å². The second-order valence-electron chi connectivity index (χ2n) is 6.95. The Morgan fingerprint density at radius 2 is 1.85 bits per heavy atom. The summed E-state index contributed by atoms with van der Waals surface area (Å²) in [6.07, 6.45) is 0. The van der Waals surface area contributed by atoms with Crippen LogP contribution < -0.4 is 9.52 Å². The topological polar surface area (TPSA) is 124 Å². The first-order chi connectivity index (χ1) is 15.8. The number of hydrogen-bond donors (Lipinski definition) is 1. The zero-order chi connectivity index (χ0) is 23.6. The number of fused-ring (bicyclic) bond motifs is 1. The van der Waals surface area contributed by atoms with E-state index in [9.17, 15) is 23.3 Å². The van der Waals surface area contributed by atoms with Crippen LogP contribution in [0.25, 0.3) is 10.2 Å². The number of aromatic nitrogens is 1. The highest BCUT2D eigenvalue weighted by atomic mass is 32.2. The van der Waals surface area contributed by atoms with Crippen LogP contribution in [0.4, 0.5) is 11.4 Å². The number of aryl methyl sites for hydroxylation is 1. The van der Waals surface area contributed by atoms with Gasteiger partial charge in [-0.2, -0.15) is 4.99 Å². The Bertz CT molecular complexity index is 1540. The van der Waals surface area contributed by atoms with E-state index in [-0.39, 0.29) is 21.8 Å². The minimum Gasteiger partial charge on any atom is -0.317 e. The molecule has 0 aliphatic heterocycles. The number of amides is 1. The van der Waals surface area contributed by atoms with E-state index in [0.717, 1.165) is 5.52 Å². The van der Waals surface area contributed by atoms with E-state index in [0.29, 0.717) is 16.0 Å². The van der Waals surface area contributed by atoms with Gasteiger partial charge in [0.25, 0.3) is 21.6 Å². The van der Waals surface area contributed by atoms with Crippen LogP contribution in [0.3, 0.4) is 0 Å². The minimum absolute atomic E-state index is 0.0386. The lowest BCUT2D eigenvalue weighted by Gasteiger charge is -2.08. The first-order valence-corrected chi connectivity index (χ1v) is 12.1. The van der Waals surface area contributed by atoms with Crippen LogP contribution in [0.5, 0.6) is 0 Å². The fourth-order valence-electron chi connectivity index (χ4n) is 3.25. The molecule has 0 aliphatic rings. The molecular weight excluding hydrogens is 464 g/mol. The second kappa shape index (κ2) is 8.96. The average Bonchev–Trinajstić information content (AvgIpc) is 3.15. The third-order valence-electron chi connectivity index (χ3n) is 4.81. The number of nitrogens with zero attached hydrogens (tertiary/aromatic N) is 3. The summed E-state index contributed by atoms with van der Waals surface area (Å²) in [6.45, 7) is 2.40. The number of anilines is 1. The summed E-state index contributed by atoms with van der Waals surface area (Å²) in [7, 11) is -3.80. The maximum absolute atomic E-state index is 12.9. The summed E-state index contributed by atoms with van der Waals surface area (Å²) in [4.78, 5) is 28.2. The second-order valence-corrected chi connectivity index (χ2v) is 9.65. The Morgan fingerprint density at radius 1 is 1.09 bits per heavy atom. The highest BCUT2D eigenvalue weighted by molar-refractivity contribution is 7.92. The number of rotatable bonds is 6. The molecule has 0 unspecified atom stereocenters. The van der Waals surface area contributed by atoms with Crippen molar-refractivity contribution in [2.75, 3.05) is 4.72 Å². The molecule has 1 N–H and O–H groups in total. The van der Waals surface area contributed by atoms with Crippen LogP contribution in [0.1, 0.15) is 17.3 Å². The Morgan fingerprint density at radius 3 is 2.55 bits per heavy atom. The van der Waals surface area contributed by atoms with Crippen molar-refractivity contribution < 1.29 is 18.1 Å². The van der Waals surface area contributed by atoms with E-state index in [1.54, 1.807) is 47.0 Å². The van der Waals surface area contributed by atoms with E-state index in [1.807, 2.05) is 6.92 Å². The molecule has 168 valence electrons. The molecule has 0 saturated carbocycles. The van der Waals surface area contributed by atoms with Crippen molar-refractivity contribution in [3.63, 3.8) is 0 Å². The molecule has 1 heterocycles. The van der Waals surface area contributed by atoms with E-state index in [4.69, 9.17) is 0 Å². The lowest BCUT2D eigenvalue weighted by atomic mass is 10.2. The monoisotopic (exact) mass is 482 g/mol. The minimum atomic E-state index is -3.80. The molecular formula is C22H18N4O5S2. The first kappa shape index (κ1) is 22.4. The molecule has 3 aromatic carbocycles. The average molecular weight is 483 g/mol. The number of carbonyl (C=O) groups is 1. The van der Waals surface area contributed by atoms with Gasteiger partial charge < -0.3 is 4.57 Å². The van der Waals surface area contributed by atoms with Gasteiger partial charge in [-0.25, -0.2) is 8.42 Å². The van der Waals surface area contributed by atoms with Gasteiger partial charge in [-0.1, -0.05) is 35.6 Å². The van der Waals surface area contributed by atoms with Crippen LogP contribution in [-0.2, 0) is 16.6 Å². The highest BCUT2D eigenvalue weighted by Crippen LogP contribution is 2.23. The maximum atomic E-state index is 12.9. The fourth-order valence-corrected chi connectivity index (χ4v) is 5.44. The molecule has 4 rings (SSSR count). The first-order valence-electron chi connectivity index (χ1n) is 9.83. The normalized spacial score (nSPS) is 12.1. The van der Waals surface area contributed by atoms with E-state index in [2.05, 4.69) is 9.71 Å². The molecule has 0 saturated heterocycles. The van der Waals surface area contributed by atoms with Crippen molar-refractivity contribution in [2.24, 2.45) is 4.99 Å². The van der Waals surface area contributed by atoms with Gasteiger partial charge in [0.1, 0.15) is 0 Å². The predicted molar refractivity (Wildman–Crippen MR) is 126 cm³/mol. The standard InChI is InChI=1S/C22H18N4O5S2/c1-2-25-19-12-11-17(26(28)29)14-20(19)32-22(25)23-21(27)15-7-6-8-16(13-15)24-33(30,31)18-9-4-3-5-10-18/h3-14,24H,2H2,1H3. The van der Waals surface area contributed by atoms with Crippen molar-refractivity contribution in [1.29, 1.82) is 0 Å². The van der Waals surface area contributed by atoms with Crippen molar-refractivity contribution in [1.82, 2.24) is 4.57 Å². The molecule has 0 radical (unpaired) electrons. The van der Waals surface area contributed by atoms with Gasteiger partial charge in [0, 0.05) is 29.9 Å². The number of thiazole rings is 1. The molecule has 1 amide bonds. The summed E-state index contributed by atoms with van der Waals surface area (Å²) in [5.41, 5.74) is 1.14. The van der Waals surface area contributed by atoms with E-state index < -0.39 is 20.9 Å². The van der Waals surface area contributed by atoms with Crippen LogP contribution in [-0.4, -0.2) is 23.8 Å². The zero-order valence-electron chi connectivity index (χ0n) is 17.3. The molecule has 0 bridgehead atoms. The predicted octanol–water partition coefficient (Wildman–Crippen LogP) is 4.17. The molecule has 1 aromatic heterocycles. The van der Waals surface area contributed by atoms with Crippen molar-refractivity contribution in [2.45, 2.75) is 18.4 Å². The number of nitro benzene ring substituents is 1. The SMILES string of the molecule is CCn1c(=NC(=O)c2cccc(NS(=O)(=O)c3ccccc3)c2)sc2cc([N+](=O)[O-])ccc21. The Balaban J connectivity index is 1.68. The van der Waals surface area contributed by atoms with Crippen molar-refractivity contribution in [3.8, 4) is 0 Å². The van der Waals surface area contributed by atoms with Gasteiger partial charge in [-0.3, -0.25) is 19.6 Å². The highest BCUT2D eigenvalue weighted by Gasteiger charge is 2.16. The lowest BCUT2D eigenvalue weighted by Crippen LogP contribution is -2.16. The molecule has 0 spiro atoms. The fraction of sp³-hybridized carbons (Fsp3) is 0.0909. The third kappa shape index (κ3) is 4.69. The Labute approximate surface area is 192 Å². The molecule has 4 aromatic rings. The number of sulfonamides is 1. The number of nitrogens with one attached hydrogen (secondary N) is 1. The summed E-state index contributed by atoms with van der Waals surface area (Å²) < 4.78 is 30.0. The van der Waals surface area contributed by atoms with E-state index in [1.165, 1.54) is 41.7 Å². The molecule has 9 nitrogen and oxygen atoms in total. The number of nitro groups is 1. The molecule has 11 heteroatoms. The van der Waals surface area contributed by atoms with Gasteiger partial charge >= 0.3 is 0 Å². The summed E-state index contributed by atoms with van der Waals surface area (Å²) in [5, 5.41) is 11.1. The molecule has 0 atom stereocenters. The quantitative estimate of drug-likeness (QED) is 0.326. The largest absolute Gasteiger partial charge is 0.317 e. The number of carbonyl (C=O) groups excluding carboxylic acids is 1. The van der Waals surface area contributed by atoms with Crippen molar-refractivity contribution >= 4 is 48.9 Å². The lowest BCUT2D eigenvalue weighted by molar-refractivity contribution is -0.384. The van der Waals surface area contributed by atoms with Gasteiger partial charge in [0.2, 0.25) is 0 Å². The van der Waals surface area contributed by atoms with Crippen LogP contribution >= 0.6 is 11.3 Å². The number of benzene rings is 3. The van der Waals surface area contributed by atoms with E-state index >= 15 is 0 Å². The van der Waals surface area contributed by atoms with Gasteiger partial charge in [0.15, 0.2) is 4.80 Å². The Hall–Kier alpha value is -3.83.